The molecule has 0 aromatic heterocycles. The molecule has 142 valence electrons. The number of allylic oxidation sites excluding steroid dienone is 2. The van der Waals surface area contributed by atoms with E-state index < -0.39 is 21.3 Å². The number of carboxylic acid groups (broad SMARTS) is 1. The molecular weight excluding hydrogens is 328 g/mol. The van der Waals surface area contributed by atoms with Crippen molar-refractivity contribution in [3.63, 3.8) is 0 Å². The Morgan fingerprint density at radius 3 is 2.17 bits per heavy atom. The van der Waals surface area contributed by atoms with Gasteiger partial charge in [0.25, 0.3) is 10.1 Å². The van der Waals surface area contributed by atoms with Crippen molar-refractivity contribution in [1.82, 2.24) is 0 Å². The van der Waals surface area contributed by atoms with Crippen LogP contribution in [0.4, 0.5) is 0 Å². The lowest BCUT2D eigenvalue weighted by Gasteiger charge is -2.12. The Kier molecular flexibility index (Phi) is 13.9. The summed E-state index contributed by atoms with van der Waals surface area (Å²) in [6, 6.07) is 0. The minimum Gasteiger partial charge on any atom is -0.481 e. The largest absolute Gasteiger partial charge is 0.481 e. The van der Waals surface area contributed by atoms with Gasteiger partial charge in [-0.1, -0.05) is 57.6 Å². The van der Waals surface area contributed by atoms with Crippen LogP contribution in [0, 0.1) is 0 Å². The number of hydrogen-bond donors (Lipinski definition) is 2. The molecule has 0 aliphatic heterocycles. The molecule has 0 aromatic rings. The van der Waals surface area contributed by atoms with Crippen LogP contribution in [-0.4, -0.2) is 29.3 Å². The molecule has 0 aliphatic carbocycles. The van der Waals surface area contributed by atoms with Gasteiger partial charge in [0.2, 0.25) is 0 Å². The third kappa shape index (κ3) is 14.7. The number of hydrogen-bond acceptors (Lipinski definition) is 3. The summed E-state index contributed by atoms with van der Waals surface area (Å²) >= 11 is 0. The second-order valence-corrected chi connectivity index (χ2v) is 8.08. The minimum atomic E-state index is -3.99. The second-order valence-electron chi connectivity index (χ2n) is 6.38. The van der Waals surface area contributed by atoms with E-state index >= 15 is 0 Å². The van der Waals surface area contributed by atoms with Crippen LogP contribution in [0.5, 0.6) is 0 Å². The Hall–Kier alpha value is -0.880. The number of rotatable bonds is 16. The Labute approximate surface area is 147 Å². The van der Waals surface area contributed by atoms with E-state index in [4.69, 9.17) is 5.11 Å². The van der Waals surface area contributed by atoms with Gasteiger partial charge >= 0.3 is 5.97 Å². The van der Waals surface area contributed by atoms with E-state index in [1.54, 1.807) is 0 Å². The molecule has 1 atom stereocenters. The first kappa shape index (κ1) is 23.1. The normalized spacial score (nSPS) is 13.4. The molecule has 2 N–H and O–H groups in total. The smallest absolute Gasteiger partial charge is 0.303 e. The van der Waals surface area contributed by atoms with Gasteiger partial charge in [0.15, 0.2) is 0 Å². The lowest BCUT2D eigenvalue weighted by molar-refractivity contribution is -0.137. The van der Waals surface area contributed by atoms with Crippen molar-refractivity contribution >= 4 is 16.1 Å². The molecule has 0 amide bonds. The molecule has 0 heterocycles. The van der Waals surface area contributed by atoms with Crippen LogP contribution in [0.1, 0.15) is 90.4 Å². The van der Waals surface area contributed by atoms with Crippen LogP contribution < -0.4 is 0 Å². The minimum absolute atomic E-state index is 0.193. The maximum Gasteiger partial charge on any atom is 0.303 e. The van der Waals surface area contributed by atoms with Crippen molar-refractivity contribution in [3.8, 4) is 0 Å². The standard InChI is InChI=1S/C18H34O5S/c1-2-3-4-5-6-8-11-14-17(24(21,22)23)15-12-9-7-10-13-16-18(19)20/h6,8,17H,2-5,7,9-16H2,1H3,(H,19,20)(H,21,22,23)/b8-6+. The second kappa shape index (κ2) is 14.5. The zero-order valence-electron chi connectivity index (χ0n) is 15.0. The quantitative estimate of drug-likeness (QED) is 0.230. The first-order valence-electron chi connectivity index (χ1n) is 9.21. The summed E-state index contributed by atoms with van der Waals surface area (Å²) in [6.07, 6.45) is 14.6. The highest BCUT2D eigenvalue weighted by atomic mass is 32.2. The van der Waals surface area contributed by atoms with Gasteiger partial charge in [-0.2, -0.15) is 8.42 Å². The van der Waals surface area contributed by atoms with Gasteiger partial charge in [-0.05, 0) is 38.5 Å². The van der Waals surface area contributed by atoms with E-state index in [9.17, 15) is 17.8 Å². The SMILES string of the molecule is CCCCC/C=C/CCC(CCCCCCCC(=O)O)S(=O)(=O)O. The Bertz CT molecular complexity index is 442. The van der Waals surface area contributed by atoms with Crippen molar-refractivity contribution in [2.75, 3.05) is 0 Å². The van der Waals surface area contributed by atoms with Crippen molar-refractivity contribution < 1.29 is 22.9 Å². The molecule has 0 radical (unpaired) electrons. The average Bonchev–Trinajstić information content (AvgIpc) is 2.49. The molecule has 0 rings (SSSR count). The third-order valence-electron chi connectivity index (χ3n) is 4.13. The molecule has 0 bridgehead atoms. The molecule has 0 aromatic carbocycles. The van der Waals surface area contributed by atoms with E-state index in [2.05, 4.69) is 13.0 Å². The number of aliphatic carboxylic acids is 1. The van der Waals surface area contributed by atoms with Crippen molar-refractivity contribution in [2.24, 2.45) is 0 Å². The first-order chi connectivity index (χ1) is 11.4. The lowest BCUT2D eigenvalue weighted by atomic mass is 10.1. The fraction of sp³-hybridized carbons (Fsp3) is 0.833. The Morgan fingerprint density at radius 1 is 0.917 bits per heavy atom. The van der Waals surface area contributed by atoms with Crippen LogP contribution in [0.2, 0.25) is 0 Å². The van der Waals surface area contributed by atoms with Crippen LogP contribution >= 0.6 is 0 Å². The zero-order valence-corrected chi connectivity index (χ0v) is 15.8. The molecule has 0 saturated heterocycles. The molecule has 5 nitrogen and oxygen atoms in total. The predicted octanol–water partition coefficient (Wildman–Crippen LogP) is 4.97. The number of unbranched alkanes of at least 4 members (excludes halogenated alkanes) is 7. The zero-order chi connectivity index (χ0) is 18.3. The maximum atomic E-state index is 11.4. The molecule has 0 saturated carbocycles. The molecule has 0 spiro atoms. The highest BCUT2D eigenvalue weighted by Crippen LogP contribution is 2.17. The molecule has 0 fully saturated rings. The van der Waals surface area contributed by atoms with Crippen molar-refractivity contribution in [3.05, 3.63) is 12.2 Å². The molecule has 6 heteroatoms. The summed E-state index contributed by atoms with van der Waals surface area (Å²) in [5.41, 5.74) is 0. The Morgan fingerprint density at radius 2 is 1.54 bits per heavy atom. The molecular formula is C18H34O5S. The summed E-state index contributed by atoms with van der Waals surface area (Å²) < 4.78 is 32.2. The summed E-state index contributed by atoms with van der Waals surface area (Å²) in [5, 5.41) is 7.86. The van der Waals surface area contributed by atoms with E-state index in [0.29, 0.717) is 25.7 Å². The van der Waals surface area contributed by atoms with Gasteiger partial charge in [0, 0.05) is 6.42 Å². The van der Waals surface area contributed by atoms with Gasteiger partial charge in [-0.3, -0.25) is 9.35 Å². The van der Waals surface area contributed by atoms with Gasteiger partial charge in [-0.15, -0.1) is 0 Å². The lowest BCUT2D eigenvalue weighted by Crippen LogP contribution is -2.20. The highest BCUT2D eigenvalue weighted by molar-refractivity contribution is 7.86. The van der Waals surface area contributed by atoms with Crippen LogP contribution in [0.15, 0.2) is 12.2 Å². The van der Waals surface area contributed by atoms with Gasteiger partial charge in [0.05, 0.1) is 5.25 Å². The third-order valence-corrected chi connectivity index (χ3v) is 5.45. The van der Waals surface area contributed by atoms with Crippen molar-refractivity contribution in [2.45, 2.75) is 95.6 Å². The first-order valence-corrected chi connectivity index (χ1v) is 10.7. The fourth-order valence-electron chi connectivity index (χ4n) is 2.65. The fourth-order valence-corrected chi connectivity index (χ4v) is 3.55. The summed E-state index contributed by atoms with van der Waals surface area (Å²) in [6.45, 7) is 2.16. The number of carbonyl (C=O) groups is 1. The van der Waals surface area contributed by atoms with Gasteiger partial charge in [-0.25, -0.2) is 0 Å². The van der Waals surface area contributed by atoms with E-state index in [1.165, 1.54) is 12.8 Å². The van der Waals surface area contributed by atoms with Gasteiger partial charge < -0.3 is 5.11 Å². The summed E-state index contributed by atoms with van der Waals surface area (Å²) in [4.78, 5) is 10.4. The Balaban J connectivity index is 3.89. The maximum absolute atomic E-state index is 11.4. The van der Waals surface area contributed by atoms with Crippen LogP contribution in [-0.2, 0) is 14.9 Å². The van der Waals surface area contributed by atoms with Crippen LogP contribution in [0.25, 0.3) is 0 Å². The molecule has 0 aliphatic rings. The highest BCUT2D eigenvalue weighted by Gasteiger charge is 2.21. The molecule has 24 heavy (non-hydrogen) atoms. The summed E-state index contributed by atoms with van der Waals surface area (Å²) in [5.74, 6) is -0.774. The van der Waals surface area contributed by atoms with E-state index in [0.717, 1.165) is 38.5 Å². The van der Waals surface area contributed by atoms with Crippen LogP contribution in [0.3, 0.4) is 0 Å². The van der Waals surface area contributed by atoms with Crippen molar-refractivity contribution in [1.29, 1.82) is 0 Å². The average molecular weight is 363 g/mol. The summed E-state index contributed by atoms with van der Waals surface area (Å²) in [7, 11) is -3.99. The topological polar surface area (TPSA) is 91.7 Å². The monoisotopic (exact) mass is 362 g/mol. The van der Waals surface area contributed by atoms with E-state index in [-0.39, 0.29) is 6.42 Å². The number of carboxylic acids is 1. The van der Waals surface area contributed by atoms with Gasteiger partial charge in [0.1, 0.15) is 0 Å². The van der Waals surface area contributed by atoms with E-state index in [1.807, 2.05) is 6.08 Å². The predicted molar refractivity (Wildman–Crippen MR) is 97.8 cm³/mol. The molecule has 1 unspecified atom stereocenters.